The lowest BCUT2D eigenvalue weighted by atomic mass is 10.7. The largest absolute Gasteiger partial charge is 0.425 e. The molecular formula is C5H6BrN3O. The molecule has 0 unspecified atom stereocenters. The van der Waals surface area contributed by atoms with Crippen LogP contribution >= 0.6 is 15.9 Å². The van der Waals surface area contributed by atoms with Crippen molar-refractivity contribution in [2.45, 2.75) is 0 Å². The third kappa shape index (κ3) is 1.36. The average Bonchev–Trinajstić information content (AvgIpc) is 1.88. The van der Waals surface area contributed by atoms with Crippen LogP contribution < -0.4 is 5.62 Å². The summed E-state index contributed by atoms with van der Waals surface area (Å²) < 4.78 is 1.56. The summed E-state index contributed by atoms with van der Waals surface area (Å²) in [5, 5.41) is 9.02. The molecule has 0 aromatic carbocycles. The van der Waals surface area contributed by atoms with Crippen molar-refractivity contribution in [3.05, 3.63) is 22.5 Å². The van der Waals surface area contributed by atoms with E-state index in [1.54, 1.807) is 13.2 Å². The van der Waals surface area contributed by atoms with Gasteiger partial charge in [0.2, 0.25) is 0 Å². The zero-order valence-corrected chi connectivity index (χ0v) is 6.91. The minimum atomic E-state index is 0.281. The molecule has 4 nitrogen and oxygen atoms in total. The number of hydrogen-bond acceptors (Lipinski definition) is 3. The molecule has 1 aromatic rings. The van der Waals surface area contributed by atoms with Crippen LogP contribution in [0.4, 0.5) is 0 Å². The van der Waals surface area contributed by atoms with Crippen molar-refractivity contribution in [3.63, 3.8) is 0 Å². The van der Waals surface area contributed by atoms with Gasteiger partial charge in [0.05, 0.1) is 10.7 Å². The molecule has 1 N–H and O–H groups in total. The normalized spacial score (nSPS) is 12.0. The van der Waals surface area contributed by atoms with Crippen molar-refractivity contribution in [2.24, 2.45) is 4.99 Å². The van der Waals surface area contributed by atoms with Gasteiger partial charge >= 0.3 is 0 Å². The van der Waals surface area contributed by atoms with E-state index in [-0.39, 0.29) is 5.62 Å². The van der Waals surface area contributed by atoms with Crippen molar-refractivity contribution in [2.75, 3.05) is 7.05 Å². The highest BCUT2D eigenvalue weighted by Gasteiger charge is 1.90. The van der Waals surface area contributed by atoms with E-state index in [0.29, 0.717) is 4.47 Å². The minimum absolute atomic E-state index is 0.281. The van der Waals surface area contributed by atoms with Crippen LogP contribution in [0.15, 0.2) is 21.9 Å². The smallest absolute Gasteiger partial charge is 0.257 e. The Labute approximate surface area is 66.0 Å². The molecular weight excluding hydrogens is 198 g/mol. The maximum atomic E-state index is 9.02. The molecule has 0 amide bonds. The fourth-order valence-corrected chi connectivity index (χ4v) is 0.843. The van der Waals surface area contributed by atoms with Crippen LogP contribution in [0, 0.1) is 0 Å². The Morgan fingerprint density at radius 1 is 1.80 bits per heavy atom. The molecule has 0 aliphatic carbocycles. The van der Waals surface area contributed by atoms with Crippen LogP contribution in [0.3, 0.4) is 0 Å². The van der Waals surface area contributed by atoms with E-state index >= 15 is 0 Å². The molecule has 54 valence electrons. The van der Waals surface area contributed by atoms with Crippen molar-refractivity contribution in [1.29, 1.82) is 0 Å². The molecule has 0 aliphatic heterocycles. The highest BCUT2D eigenvalue weighted by Crippen LogP contribution is 2.01. The van der Waals surface area contributed by atoms with Gasteiger partial charge in [-0.2, -0.15) is 4.73 Å². The van der Waals surface area contributed by atoms with Gasteiger partial charge in [0.15, 0.2) is 0 Å². The molecule has 10 heavy (non-hydrogen) atoms. The van der Waals surface area contributed by atoms with Crippen LogP contribution in [0.1, 0.15) is 0 Å². The van der Waals surface area contributed by atoms with Crippen LogP contribution in [0.25, 0.3) is 0 Å². The second-order valence-corrected chi connectivity index (χ2v) is 2.56. The molecule has 0 radical (unpaired) electrons. The predicted molar refractivity (Wildman–Crippen MR) is 38.6 cm³/mol. The molecule has 0 saturated carbocycles. The Hall–Kier alpha value is -0.840. The van der Waals surface area contributed by atoms with Crippen molar-refractivity contribution in [1.82, 2.24) is 9.71 Å². The first-order valence-electron chi connectivity index (χ1n) is 2.60. The fraction of sp³-hybridized carbons (Fsp3) is 0.200. The van der Waals surface area contributed by atoms with Crippen LogP contribution in [-0.4, -0.2) is 22.0 Å². The average molecular weight is 204 g/mol. The number of halogens is 1. The summed E-state index contributed by atoms with van der Waals surface area (Å²) in [6.45, 7) is 0. The maximum absolute atomic E-state index is 9.02. The zero-order chi connectivity index (χ0) is 7.56. The van der Waals surface area contributed by atoms with Gasteiger partial charge < -0.3 is 5.21 Å². The van der Waals surface area contributed by atoms with Gasteiger partial charge in [-0.05, 0) is 15.9 Å². The SMILES string of the molecule is CN=c1ncc(Br)cn1O. The monoisotopic (exact) mass is 203 g/mol. The Balaban J connectivity index is 3.34. The molecule has 1 heterocycles. The second-order valence-electron chi connectivity index (χ2n) is 1.64. The summed E-state index contributed by atoms with van der Waals surface area (Å²) in [6.07, 6.45) is 3.03. The quantitative estimate of drug-likeness (QED) is 0.622. The molecule has 0 aliphatic rings. The van der Waals surface area contributed by atoms with Crippen molar-refractivity contribution >= 4 is 15.9 Å². The molecule has 0 bridgehead atoms. The van der Waals surface area contributed by atoms with Gasteiger partial charge in [-0.1, -0.05) is 0 Å². The van der Waals surface area contributed by atoms with Gasteiger partial charge in [-0.25, -0.2) is 4.98 Å². The number of rotatable bonds is 0. The van der Waals surface area contributed by atoms with Crippen LogP contribution in [0.2, 0.25) is 0 Å². The summed E-state index contributed by atoms with van der Waals surface area (Å²) in [7, 11) is 1.56. The first-order chi connectivity index (χ1) is 4.74. The van der Waals surface area contributed by atoms with E-state index in [1.807, 2.05) is 0 Å². The summed E-state index contributed by atoms with van der Waals surface area (Å²) in [5.74, 6) is 0. The van der Waals surface area contributed by atoms with Gasteiger partial charge in [-0.3, -0.25) is 4.99 Å². The first-order valence-corrected chi connectivity index (χ1v) is 3.39. The summed E-state index contributed by atoms with van der Waals surface area (Å²) in [4.78, 5) is 7.49. The van der Waals surface area contributed by atoms with Crippen LogP contribution in [-0.2, 0) is 0 Å². The number of hydrogen-bond donors (Lipinski definition) is 1. The first kappa shape index (κ1) is 7.27. The Morgan fingerprint density at radius 2 is 2.50 bits per heavy atom. The standard InChI is InChI=1S/C5H6BrN3O/c1-7-5-8-2-4(6)3-9(5)10/h2-3,10H,1H3. The molecule has 0 spiro atoms. The van der Waals surface area contributed by atoms with Gasteiger partial charge in [-0.15, -0.1) is 0 Å². The molecule has 0 fully saturated rings. The number of aromatic nitrogens is 2. The van der Waals surface area contributed by atoms with Crippen LogP contribution in [0.5, 0.6) is 0 Å². The predicted octanol–water partition coefficient (Wildman–Crippen LogP) is 0.413. The topological polar surface area (TPSA) is 50.4 Å². The highest BCUT2D eigenvalue weighted by molar-refractivity contribution is 9.10. The third-order valence-electron chi connectivity index (χ3n) is 0.954. The Bertz CT molecular complexity index is 293. The summed E-state index contributed by atoms with van der Waals surface area (Å²) in [5.41, 5.74) is 0.281. The molecule has 1 rings (SSSR count). The minimum Gasteiger partial charge on any atom is -0.425 e. The lowest BCUT2D eigenvalue weighted by molar-refractivity contribution is 0.166. The van der Waals surface area contributed by atoms with E-state index in [2.05, 4.69) is 25.9 Å². The van der Waals surface area contributed by atoms with E-state index in [9.17, 15) is 0 Å². The van der Waals surface area contributed by atoms with E-state index < -0.39 is 0 Å². The van der Waals surface area contributed by atoms with Gasteiger partial charge in [0.1, 0.15) is 0 Å². The molecule has 0 saturated heterocycles. The Kier molecular flexibility index (Phi) is 2.06. The lowest BCUT2D eigenvalue weighted by Gasteiger charge is -1.95. The van der Waals surface area contributed by atoms with Crippen molar-refractivity contribution < 1.29 is 5.21 Å². The third-order valence-corrected chi connectivity index (χ3v) is 1.36. The second kappa shape index (κ2) is 2.83. The van der Waals surface area contributed by atoms with E-state index in [1.165, 1.54) is 6.20 Å². The van der Waals surface area contributed by atoms with E-state index in [0.717, 1.165) is 4.73 Å². The lowest BCUT2D eigenvalue weighted by Crippen LogP contribution is -2.21. The summed E-state index contributed by atoms with van der Waals surface area (Å²) in [6, 6.07) is 0. The Morgan fingerprint density at radius 3 is 3.00 bits per heavy atom. The molecule has 1 aromatic heterocycles. The van der Waals surface area contributed by atoms with Gasteiger partial charge in [0, 0.05) is 13.2 Å². The maximum Gasteiger partial charge on any atom is 0.257 e. The fourth-order valence-electron chi connectivity index (χ4n) is 0.547. The van der Waals surface area contributed by atoms with Gasteiger partial charge in [0.25, 0.3) is 5.62 Å². The molecule has 0 atom stereocenters. The molecule has 5 heteroatoms. The highest BCUT2D eigenvalue weighted by atomic mass is 79.9. The van der Waals surface area contributed by atoms with E-state index in [4.69, 9.17) is 5.21 Å². The summed E-state index contributed by atoms with van der Waals surface area (Å²) >= 11 is 3.14. The van der Waals surface area contributed by atoms with Crippen molar-refractivity contribution in [3.8, 4) is 0 Å². The zero-order valence-electron chi connectivity index (χ0n) is 5.32. The number of nitrogens with zero attached hydrogens (tertiary/aromatic N) is 3.